The van der Waals surface area contributed by atoms with Gasteiger partial charge in [-0.25, -0.2) is 0 Å². The molecule has 0 aliphatic carbocycles. The van der Waals surface area contributed by atoms with E-state index in [-0.39, 0.29) is 0 Å². The Hall–Kier alpha value is -1.12. The molecule has 98 valence electrons. The number of hydrogen-bond acceptors (Lipinski definition) is 2. The Bertz CT molecular complexity index is 427. The van der Waals surface area contributed by atoms with E-state index >= 15 is 0 Å². The lowest BCUT2D eigenvalue weighted by Gasteiger charge is -2.26. The summed E-state index contributed by atoms with van der Waals surface area (Å²) in [4.78, 5) is 0. The van der Waals surface area contributed by atoms with Crippen LogP contribution in [0.15, 0.2) is 18.2 Å². The van der Waals surface area contributed by atoms with Gasteiger partial charge in [0.15, 0.2) is 0 Å². The van der Waals surface area contributed by atoms with Crippen LogP contribution in [-0.4, -0.2) is 25.3 Å². The Balaban J connectivity index is 2.13. The minimum Gasteiger partial charge on any atom is -0.378 e. The van der Waals surface area contributed by atoms with Crippen molar-refractivity contribution >= 4 is 6.08 Å². The van der Waals surface area contributed by atoms with Gasteiger partial charge in [-0.2, -0.15) is 0 Å². The number of hydrogen-bond donors (Lipinski definition) is 1. The van der Waals surface area contributed by atoms with Gasteiger partial charge in [0.2, 0.25) is 0 Å². The largest absolute Gasteiger partial charge is 0.378 e. The number of nitrogens with one attached hydrogen (secondary N) is 1. The maximum atomic E-state index is 5.55. The summed E-state index contributed by atoms with van der Waals surface area (Å²) >= 11 is 0. The number of ether oxygens (including phenoxy) is 1. The molecule has 2 rings (SSSR count). The van der Waals surface area contributed by atoms with Crippen molar-refractivity contribution in [3.63, 3.8) is 0 Å². The second-order valence-electron chi connectivity index (χ2n) is 5.38. The van der Waals surface area contributed by atoms with Crippen molar-refractivity contribution in [3.05, 3.63) is 40.5 Å². The molecule has 0 bridgehead atoms. The smallest absolute Gasteiger partial charge is 0.0656 e. The highest BCUT2D eigenvalue weighted by Crippen LogP contribution is 2.18. The Kier molecular flexibility index (Phi) is 4.20. The van der Waals surface area contributed by atoms with Crippen LogP contribution in [0.4, 0.5) is 0 Å². The highest BCUT2D eigenvalue weighted by Gasteiger charge is 2.15. The fraction of sp³-hybridized carbons (Fsp3) is 0.500. The fourth-order valence-electron chi connectivity index (χ4n) is 2.61. The van der Waals surface area contributed by atoms with Crippen LogP contribution in [0.25, 0.3) is 6.08 Å². The van der Waals surface area contributed by atoms with Gasteiger partial charge in [-0.15, -0.1) is 0 Å². The van der Waals surface area contributed by atoms with E-state index in [0.717, 1.165) is 13.2 Å². The SMILES string of the molecule is Cc1cc(C)c(/C=C/C2COCC(C)N2)c(C)c1. The highest BCUT2D eigenvalue weighted by atomic mass is 16.5. The van der Waals surface area contributed by atoms with Gasteiger partial charge in [0.05, 0.1) is 13.2 Å². The maximum Gasteiger partial charge on any atom is 0.0656 e. The average Bonchev–Trinajstić information content (AvgIpc) is 2.27. The first-order valence-electron chi connectivity index (χ1n) is 6.66. The van der Waals surface area contributed by atoms with Crippen molar-refractivity contribution in [3.8, 4) is 0 Å². The van der Waals surface area contributed by atoms with Crippen molar-refractivity contribution < 1.29 is 4.74 Å². The molecular formula is C16H23NO. The van der Waals surface area contributed by atoms with Crippen LogP contribution in [0.5, 0.6) is 0 Å². The predicted molar refractivity (Wildman–Crippen MR) is 76.9 cm³/mol. The summed E-state index contributed by atoms with van der Waals surface area (Å²) in [7, 11) is 0. The third-order valence-electron chi connectivity index (χ3n) is 3.40. The maximum absolute atomic E-state index is 5.55. The summed E-state index contributed by atoms with van der Waals surface area (Å²) < 4.78 is 5.55. The average molecular weight is 245 g/mol. The molecule has 2 atom stereocenters. The molecule has 1 aliphatic heterocycles. The van der Waals surface area contributed by atoms with E-state index in [1.54, 1.807) is 0 Å². The van der Waals surface area contributed by atoms with Gasteiger partial charge in [0.1, 0.15) is 0 Å². The lowest BCUT2D eigenvalue weighted by atomic mass is 9.99. The lowest BCUT2D eigenvalue weighted by molar-refractivity contribution is 0.0637. The van der Waals surface area contributed by atoms with Gasteiger partial charge in [-0.05, 0) is 44.4 Å². The zero-order valence-corrected chi connectivity index (χ0v) is 11.8. The van der Waals surface area contributed by atoms with Crippen LogP contribution < -0.4 is 5.32 Å². The van der Waals surface area contributed by atoms with E-state index in [1.807, 2.05) is 0 Å². The highest BCUT2D eigenvalue weighted by molar-refractivity contribution is 5.59. The van der Waals surface area contributed by atoms with E-state index in [9.17, 15) is 0 Å². The Morgan fingerprint density at radius 2 is 1.83 bits per heavy atom. The van der Waals surface area contributed by atoms with Crippen LogP contribution in [0.3, 0.4) is 0 Å². The number of morpholine rings is 1. The van der Waals surface area contributed by atoms with Crippen molar-refractivity contribution in [1.82, 2.24) is 5.32 Å². The van der Waals surface area contributed by atoms with Crippen molar-refractivity contribution in [2.45, 2.75) is 39.8 Å². The lowest BCUT2D eigenvalue weighted by Crippen LogP contribution is -2.46. The molecule has 1 fully saturated rings. The quantitative estimate of drug-likeness (QED) is 0.865. The Labute approximate surface area is 110 Å². The van der Waals surface area contributed by atoms with E-state index in [1.165, 1.54) is 22.3 Å². The van der Waals surface area contributed by atoms with Crippen LogP contribution in [0.1, 0.15) is 29.2 Å². The fourth-order valence-corrected chi connectivity index (χ4v) is 2.61. The topological polar surface area (TPSA) is 21.3 Å². The van der Waals surface area contributed by atoms with Crippen molar-refractivity contribution in [2.24, 2.45) is 0 Å². The van der Waals surface area contributed by atoms with Gasteiger partial charge in [-0.1, -0.05) is 29.8 Å². The molecule has 2 unspecified atom stereocenters. The summed E-state index contributed by atoms with van der Waals surface area (Å²) in [6, 6.07) is 5.24. The third kappa shape index (κ3) is 3.21. The van der Waals surface area contributed by atoms with Crippen molar-refractivity contribution in [1.29, 1.82) is 0 Å². The van der Waals surface area contributed by atoms with E-state index in [0.29, 0.717) is 12.1 Å². The molecule has 1 aromatic carbocycles. The van der Waals surface area contributed by atoms with Crippen molar-refractivity contribution in [2.75, 3.05) is 13.2 Å². The molecule has 0 radical (unpaired) electrons. The second-order valence-corrected chi connectivity index (χ2v) is 5.38. The molecule has 1 aliphatic rings. The van der Waals surface area contributed by atoms with Crippen LogP contribution >= 0.6 is 0 Å². The molecule has 1 heterocycles. The summed E-state index contributed by atoms with van der Waals surface area (Å²) in [5.74, 6) is 0. The van der Waals surface area contributed by atoms with Gasteiger partial charge < -0.3 is 10.1 Å². The van der Waals surface area contributed by atoms with E-state index in [4.69, 9.17) is 4.74 Å². The minimum atomic E-state index is 0.328. The molecule has 1 aromatic rings. The summed E-state index contributed by atoms with van der Waals surface area (Å²) in [5, 5.41) is 3.53. The zero-order chi connectivity index (χ0) is 13.1. The monoisotopic (exact) mass is 245 g/mol. The molecule has 0 amide bonds. The summed E-state index contributed by atoms with van der Waals surface area (Å²) in [6.45, 7) is 10.2. The first kappa shape index (κ1) is 13.3. The molecule has 18 heavy (non-hydrogen) atoms. The van der Waals surface area contributed by atoms with E-state index in [2.05, 4.69) is 57.3 Å². The standard InChI is InChI=1S/C16H23NO/c1-11-7-12(2)16(13(3)8-11)6-5-15-10-18-9-14(4)17-15/h5-8,14-15,17H,9-10H2,1-4H3/b6-5+. The summed E-state index contributed by atoms with van der Waals surface area (Å²) in [6.07, 6.45) is 4.45. The van der Waals surface area contributed by atoms with Gasteiger partial charge in [-0.3, -0.25) is 0 Å². The molecule has 0 saturated carbocycles. The predicted octanol–water partition coefficient (Wildman–Crippen LogP) is 3.00. The second kappa shape index (κ2) is 5.68. The molecule has 2 heteroatoms. The molecule has 1 N–H and O–H groups in total. The number of aryl methyl sites for hydroxylation is 3. The first-order valence-corrected chi connectivity index (χ1v) is 6.66. The minimum absolute atomic E-state index is 0.328. The van der Waals surface area contributed by atoms with E-state index < -0.39 is 0 Å². The third-order valence-corrected chi connectivity index (χ3v) is 3.40. The van der Waals surface area contributed by atoms with Crippen LogP contribution in [0, 0.1) is 20.8 Å². The molecule has 1 saturated heterocycles. The van der Waals surface area contributed by atoms with Crippen LogP contribution in [0.2, 0.25) is 0 Å². The van der Waals surface area contributed by atoms with Gasteiger partial charge in [0, 0.05) is 12.1 Å². The molecule has 2 nitrogen and oxygen atoms in total. The van der Waals surface area contributed by atoms with Crippen LogP contribution in [-0.2, 0) is 4.74 Å². The molecular weight excluding hydrogens is 222 g/mol. The molecule has 0 aromatic heterocycles. The summed E-state index contributed by atoms with van der Waals surface area (Å²) in [5.41, 5.74) is 5.34. The molecule has 0 spiro atoms. The van der Waals surface area contributed by atoms with Gasteiger partial charge in [0.25, 0.3) is 0 Å². The first-order chi connectivity index (χ1) is 8.56. The Morgan fingerprint density at radius 1 is 1.17 bits per heavy atom. The normalized spacial score (nSPS) is 24.7. The zero-order valence-electron chi connectivity index (χ0n) is 11.8. The number of benzene rings is 1. The Morgan fingerprint density at radius 3 is 2.44 bits per heavy atom. The van der Waals surface area contributed by atoms with Gasteiger partial charge >= 0.3 is 0 Å². The number of rotatable bonds is 2.